The summed E-state index contributed by atoms with van der Waals surface area (Å²) in [7, 11) is 1.51. The van der Waals surface area contributed by atoms with Gasteiger partial charge < -0.3 is 24.8 Å². The summed E-state index contributed by atoms with van der Waals surface area (Å²) in [4.78, 5) is 26.2. The summed E-state index contributed by atoms with van der Waals surface area (Å²) in [6.45, 7) is 7.28. The fourth-order valence-corrected chi connectivity index (χ4v) is 3.49. The highest BCUT2D eigenvalue weighted by Crippen LogP contribution is 2.40. The standard InChI is InChI=1S/C25H28N4O5/c1-15(2)34-25(31)22-17(4)29-16(3)21(24(30)33-10-9-32-5)23(22)19-7-6-8-20(11-19)28-14-18(12-26)13-27/h6-8,11,14-15,23,28-29H,9-10H2,1-5H3. The first kappa shape index (κ1) is 26.2. The largest absolute Gasteiger partial charge is 0.460 e. The van der Waals surface area contributed by atoms with E-state index in [1.807, 2.05) is 0 Å². The van der Waals surface area contributed by atoms with Crippen LogP contribution in [0.1, 0.15) is 39.2 Å². The molecule has 0 aliphatic carbocycles. The third-order valence-corrected chi connectivity index (χ3v) is 4.91. The molecular weight excluding hydrogens is 436 g/mol. The van der Waals surface area contributed by atoms with E-state index in [2.05, 4.69) is 10.6 Å². The quantitative estimate of drug-likeness (QED) is 0.320. The summed E-state index contributed by atoms with van der Waals surface area (Å²) in [6.07, 6.45) is 0.934. The lowest BCUT2D eigenvalue weighted by Crippen LogP contribution is -2.33. The van der Waals surface area contributed by atoms with Crippen LogP contribution < -0.4 is 10.6 Å². The number of hydrogen-bond donors (Lipinski definition) is 2. The number of ether oxygens (including phenoxy) is 3. The summed E-state index contributed by atoms with van der Waals surface area (Å²) in [5, 5.41) is 23.9. The Balaban J connectivity index is 2.58. The average molecular weight is 465 g/mol. The van der Waals surface area contributed by atoms with Gasteiger partial charge in [0.05, 0.1) is 29.8 Å². The molecule has 0 spiro atoms. The molecule has 0 saturated carbocycles. The summed E-state index contributed by atoms with van der Waals surface area (Å²) < 4.78 is 15.8. The number of nitrogens with one attached hydrogen (secondary N) is 2. The second kappa shape index (κ2) is 12.2. The lowest BCUT2D eigenvalue weighted by Gasteiger charge is -2.31. The van der Waals surface area contributed by atoms with Crippen LogP contribution in [0, 0.1) is 22.7 Å². The Morgan fingerprint density at radius 3 is 2.35 bits per heavy atom. The summed E-state index contributed by atoms with van der Waals surface area (Å²) in [5.41, 5.74) is 2.79. The SMILES string of the molecule is COCCOC(=O)C1=C(C)NC(C)=C(C(=O)OC(C)C)C1c1cccc(NC=C(C#N)C#N)c1. The Morgan fingerprint density at radius 2 is 1.76 bits per heavy atom. The van der Waals surface area contributed by atoms with Gasteiger partial charge in [0.25, 0.3) is 0 Å². The normalized spacial score (nSPS) is 15.1. The van der Waals surface area contributed by atoms with E-state index in [4.69, 9.17) is 24.7 Å². The molecule has 178 valence electrons. The highest BCUT2D eigenvalue weighted by atomic mass is 16.6. The van der Waals surface area contributed by atoms with Crippen molar-refractivity contribution >= 4 is 17.6 Å². The van der Waals surface area contributed by atoms with Crippen LogP contribution in [0.25, 0.3) is 0 Å². The zero-order chi connectivity index (χ0) is 25.3. The monoisotopic (exact) mass is 464 g/mol. The third-order valence-electron chi connectivity index (χ3n) is 4.91. The lowest BCUT2D eigenvalue weighted by atomic mass is 9.80. The smallest absolute Gasteiger partial charge is 0.337 e. The van der Waals surface area contributed by atoms with E-state index in [1.54, 1.807) is 64.1 Å². The van der Waals surface area contributed by atoms with Gasteiger partial charge in [-0.25, -0.2) is 9.59 Å². The molecule has 0 fully saturated rings. The lowest BCUT2D eigenvalue weighted by molar-refractivity contribution is -0.143. The predicted molar refractivity (Wildman–Crippen MR) is 125 cm³/mol. The highest BCUT2D eigenvalue weighted by Gasteiger charge is 2.38. The topological polar surface area (TPSA) is 133 Å². The molecule has 2 rings (SSSR count). The molecule has 1 aromatic carbocycles. The highest BCUT2D eigenvalue weighted by molar-refractivity contribution is 6.00. The first-order valence-electron chi connectivity index (χ1n) is 10.7. The van der Waals surface area contributed by atoms with Crippen molar-refractivity contribution in [1.82, 2.24) is 5.32 Å². The van der Waals surface area contributed by atoms with Crippen molar-refractivity contribution in [3.63, 3.8) is 0 Å². The molecule has 1 atom stereocenters. The van der Waals surface area contributed by atoms with Crippen LogP contribution in [-0.2, 0) is 23.8 Å². The van der Waals surface area contributed by atoms with Crippen LogP contribution in [0.15, 0.2) is 58.6 Å². The molecule has 9 nitrogen and oxygen atoms in total. The Hall–Kier alpha value is -4.08. The van der Waals surface area contributed by atoms with Crippen molar-refractivity contribution < 1.29 is 23.8 Å². The van der Waals surface area contributed by atoms with Gasteiger partial charge in [0.1, 0.15) is 24.3 Å². The van der Waals surface area contributed by atoms with Gasteiger partial charge in [-0.3, -0.25) is 0 Å². The number of carbonyl (C=O) groups is 2. The van der Waals surface area contributed by atoms with Gasteiger partial charge in [0.15, 0.2) is 0 Å². The first-order valence-corrected chi connectivity index (χ1v) is 10.7. The molecule has 1 aromatic rings. The van der Waals surface area contributed by atoms with Gasteiger partial charge in [-0.2, -0.15) is 10.5 Å². The van der Waals surface area contributed by atoms with Crippen LogP contribution in [-0.4, -0.2) is 38.4 Å². The zero-order valence-corrected chi connectivity index (χ0v) is 19.9. The van der Waals surface area contributed by atoms with E-state index >= 15 is 0 Å². The van der Waals surface area contributed by atoms with Crippen LogP contribution in [0.5, 0.6) is 0 Å². The molecule has 1 aliphatic heterocycles. The maximum atomic E-state index is 13.1. The van der Waals surface area contributed by atoms with Gasteiger partial charge in [0.2, 0.25) is 0 Å². The number of nitrogens with zero attached hydrogens (tertiary/aromatic N) is 2. The summed E-state index contributed by atoms with van der Waals surface area (Å²) >= 11 is 0. The Morgan fingerprint density at radius 1 is 1.12 bits per heavy atom. The summed E-state index contributed by atoms with van der Waals surface area (Å²) in [6, 6.07) is 10.6. The number of esters is 2. The van der Waals surface area contributed by atoms with E-state index in [-0.39, 0.29) is 30.5 Å². The van der Waals surface area contributed by atoms with Crippen molar-refractivity contribution in [3.8, 4) is 12.1 Å². The molecule has 0 bridgehead atoms. The molecular formula is C25H28N4O5. The Bertz CT molecular complexity index is 1100. The van der Waals surface area contributed by atoms with Crippen molar-refractivity contribution in [1.29, 1.82) is 10.5 Å². The fourth-order valence-electron chi connectivity index (χ4n) is 3.49. The molecule has 0 saturated heterocycles. The molecule has 1 aliphatic rings. The van der Waals surface area contributed by atoms with Crippen molar-refractivity contribution in [3.05, 3.63) is 64.1 Å². The van der Waals surface area contributed by atoms with Crippen LogP contribution in [0.4, 0.5) is 5.69 Å². The molecule has 2 N–H and O–H groups in total. The number of benzene rings is 1. The maximum absolute atomic E-state index is 13.1. The number of rotatable bonds is 9. The number of methoxy groups -OCH3 is 1. The van der Waals surface area contributed by atoms with Crippen molar-refractivity contribution in [2.45, 2.75) is 39.7 Å². The molecule has 1 heterocycles. The molecule has 9 heteroatoms. The number of hydrogen-bond acceptors (Lipinski definition) is 9. The van der Waals surface area contributed by atoms with Gasteiger partial charge >= 0.3 is 11.9 Å². The van der Waals surface area contributed by atoms with E-state index in [1.165, 1.54) is 13.3 Å². The van der Waals surface area contributed by atoms with Gasteiger partial charge in [0, 0.05) is 30.4 Å². The Labute approximate surface area is 199 Å². The Kier molecular flexibility index (Phi) is 9.42. The minimum atomic E-state index is -0.764. The molecule has 0 aromatic heterocycles. The van der Waals surface area contributed by atoms with Crippen molar-refractivity contribution in [2.24, 2.45) is 0 Å². The van der Waals surface area contributed by atoms with E-state index < -0.39 is 17.9 Å². The van der Waals surface area contributed by atoms with E-state index in [0.29, 0.717) is 28.2 Å². The van der Waals surface area contributed by atoms with E-state index in [9.17, 15) is 9.59 Å². The van der Waals surface area contributed by atoms with E-state index in [0.717, 1.165) is 0 Å². The van der Waals surface area contributed by atoms with Gasteiger partial charge in [-0.1, -0.05) is 12.1 Å². The second-order valence-corrected chi connectivity index (χ2v) is 7.77. The molecule has 0 radical (unpaired) electrons. The number of nitriles is 2. The molecule has 0 amide bonds. The van der Waals surface area contributed by atoms with Gasteiger partial charge in [-0.15, -0.1) is 0 Å². The van der Waals surface area contributed by atoms with Gasteiger partial charge in [-0.05, 0) is 45.4 Å². The number of carbonyl (C=O) groups excluding carboxylic acids is 2. The zero-order valence-electron chi connectivity index (χ0n) is 19.9. The molecule has 34 heavy (non-hydrogen) atoms. The number of anilines is 1. The van der Waals surface area contributed by atoms with Crippen LogP contribution >= 0.6 is 0 Å². The minimum Gasteiger partial charge on any atom is -0.460 e. The van der Waals surface area contributed by atoms with Crippen LogP contribution in [0.2, 0.25) is 0 Å². The maximum Gasteiger partial charge on any atom is 0.337 e. The average Bonchev–Trinajstić information content (AvgIpc) is 2.79. The number of dihydropyridines is 1. The fraction of sp³-hybridized carbons (Fsp3) is 0.360. The second-order valence-electron chi connectivity index (χ2n) is 7.77. The van der Waals surface area contributed by atoms with Crippen molar-refractivity contribution in [2.75, 3.05) is 25.6 Å². The van der Waals surface area contributed by atoms with Crippen LogP contribution in [0.3, 0.4) is 0 Å². The minimum absolute atomic E-state index is 0.0603. The predicted octanol–water partition coefficient (Wildman–Crippen LogP) is 3.41. The number of allylic oxidation sites excluding steroid dienone is 3. The third kappa shape index (κ3) is 6.47. The summed E-state index contributed by atoms with van der Waals surface area (Å²) in [5.74, 6) is -1.89. The molecule has 1 unspecified atom stereocenters. The first-order chi connectivity index (χ1) is 16.2.